The molecule has 8 heteroatoms. The molecule has 5 nitrogen and oxygen atoms in total. The van der Waals surface area contributed by atoms with Crippen LogP contribution in [-0.4, -0.2) is 33.8 Å². The van der Waals surface area contributed by atoms with Crippen molar-refractivity contribution in [3.05, 3.63) is 23.3 Å². The Morgan fingerprint density at radius 1 is 1.50 bits per heavy atom. The molecule has 1 rings (SSSR count). The maximum absolute atomic E-state index is 11.8. The molecular weight excluding hydrogens is 253 g/mol. The van der Waals surface area contributed by atoms with Gasteiger partial charge in [-0.2, -0.15) is 13.2 Å². The maximum atomic E-state index is 11.8. The molecule has 0 fully saturated rings. The minimum absolute atomic E-state index is 0.0288. The largest absolute Gasteiger partial charge is 0.478 e. The first kappa shape index (κ1) is 14.4. The number of carbonyl (C=O) groups is 1. The summed E-state index contributed by atoms with van der Waals surface area (Å²) in [5, 5.41) is 8.81. The molecular formula is C10H11F3N2O3. The van der Waals surface area contributed by atoms with Crippen LogP contribution in [0.4, 0.5) is 13.2 Å². The quantitative estimate of drug-likeness (QED) is 0.878. The van der Waals surface area contributed by atoms with E-state index in [1.165, 1.54) is 0 Å². The Balaban J connectivity index is 2.71. The van der Waals surface area contributed by atoms with Gasteiger partial charge in [0.1, 0.15) is 13.2 Å². The SMILES string of the molecule is CCc1nc(COCC(F)(F)F)ncc1C(=O)O. The molecule has 100 valence electrons. The molecule has 0 bridgehead atoms. The average molecular weight is 264 g/mol. The van der Waals surface area contributed by atoms with E-state index in [9.17, 15) is 18.0 Å². The predicted octanol–water partition coefficient (Wildman–Crippen LogP) is 1.82. The van der Waals surface area contributed by atoms with Crippen LogP contribution in [0.3, 0.4) is 0 Å². The minimum atomic E-state index is -4.41. The molecule has 1 aromatic heterocycles. The van der Waals surface area contributed by atoms with Crippen LogP contribution in [0.5, 0.6) is 0 Å². The second-order valence-corrected chi connectivity index (χ2v) is 3.41. The summed E-state index contributed by atoms with van der Waals surface area (Å²) in [5.74, 6) is -1.14. The van der Waals surface area contributed by atoms with E-state index in [0.29, 0.717) is 6.42 Å². The number of aryl methyl sites for hydroxylation is 1. The van der Waals surface area contributed by atoms with Crippen molar-refractivity contribution < 1.29 is 27.8 Å². The van der Waals surface area contributed by atoms with Gasteiger partial charge in [0.2, 0.25) is 0 Å². The van der Waals surface area contributed by atoms with Gasteiger partial charge in [-0.05, 0) is 6.42 Å². The monoisotopic (exact) mass is 264 g/mol. The zero-order valence-corrected chi connectivity index (χ0v) is 9.49. The van der Waals surface area contributed by atoms with Crippen molar-refractivity contribution in [2.45, 2.75) is 26.1 Å². The third kappa shape index (κ3) is 4.28. The van der Waals surface area contributed by atoms with Gasteiger partial charge in [-0.15, -0.1) is 0 Å². The Labute approximate surface area is 101 Å². The van der Waals surface area contributed by atoms with Gasteiger partial charge < -0.3 is 9.84 Å². The van der Waals surface area contributed by atoms with Crippen LogP contribution in [0.15, 0.2) is 6.20 Å². The molecule has 1 N–H and O–H groups in total. The van der Waals surface area contributed by atoms with Gasteiger partial charge in [0.05, 0.1) is 11.3 Å². The highest BCUT2D eigenvalue weighted by Gasteiger charge is 2.27. The summed E-state index contributed by atoms with van der Waals surface area (Å²) in [6.45, 7) is -0.111. The number of halogens is 3. The molecule has 0 unspecified atom stereocenters. The fourth-order valence-electron chi connectivity index (χ4n) is 1.23. The Morgan fingerprint density at radius 3 is 2.67 bits per heavy atom. The number of nitrogens with zero attached hydrogens (tertiary/aromatic N) is 2. The number of hydrogen-bond acceptors (Lipinski definition) is 4. The third-order valence-corrected chi connectivity index (χ3v) is 1.98. The fraction of sp³-hybridized carbons (Fsp3) is 0.500. The summed E-state index contributed by atoms with van der Waals surface area (Å²) < 4.78 is 39.9. The van der Waals surface area contributed by atoms with Crippen LogP contribution >= 0.6 is 0 Å². The lowest BCUT2D eigenvalue weighted by Gasteiger charge is -2.08. The van der Waals surface area contributed by atoms with Gasteiger partial charge in [0.15, 0.2) is 5.82 Å². The molecule has 0 saturated heterocycles. The van der Waals surface area contributed by atoms with Gasteiger partial charge in [0, 0.05) is 6.20 Å². The highest BCUT2D eigenvalue weighted by molar-refractivity contribution is 5.88. The predicted molar refractivity (Wildman–Crippen MR) is 54.1 cm³/mol. The van der Waals surface area contributed by atoms with E-state index in [1.54, 1.807) is 6.92 Å². The molecule has 18 heavy (non-hydrogen) atoms. The standard InChI is InChI=1S/C10H11F3N2O3/c1-2-7-6(9(16)17)3-14-8(15-7)4-18-5-10(11,12)13/h3H,2,4-5H2,1H3,(H,16,17). The molecule has 0 aliphatic carbocycles. The van der Waals surface area contributed by atoms with E-state index in [4.69, 9.17) is 5.11 Å². The molecule has 0 aliphatic heterocycles. The molecule has 0 radical (unpaired) electrons. The number of carboxylic acid groups (broad SMARTS) is 1. The summed E-state index contributed by atoms with van der Waals surface area (Å²) in [5.41, 5.74) is 0.209. The number of alkyl halides is 3. The Kier molecular flexibility index (Phi) is 4.60. The van der Waals surface area contributed by atoms with Crippen molar-refractivity contribution in [1.29, 1.82) is 0 Å². The highest BCUT2D eigenvalue weighted by atomic mass is 19.4. The van der Waals surface area contributed by atoms with Crippen molar-refractivity contribution in [2.24, 2.45) is 0 Å². The Hall–Kier alpha value is -1.70. The summed E-state index contributed by atoms with van der Waals surface area (Å²) >= 11 is 0. The lowest BCUT2D eigenvalue weighted by molar-refractivity contribution is -0.177. The highest BCUT2D eigenvalue weighted by Crippen LogP contribution is 2.15. The zero-order chi connectivity index (χ0) is 13.8. The topological polar surface area (TPSA) is 72.3 Å². The van der Waals surface area contributed by atoms with E-state index in [2.05, 4.69) is 14.7 Å². The second-order valence-electron chi connectivity index (χ2n) is 3.41. The molecule has 0 saturated carbocycles. The van der Waals surface area contributed by atoms with Gasteiger partial charge in [-0.1, -0.05) is 6.92 Å². The number of carboxylic acids is 1. The third-order valence-electron chi connectivity index (χ3n) is 1.98. The van der Waals surface area contributed by atoms with Gasteiger partial charge in [-0.25, -0.2) is 14.8 Å². The smallest absolute Gasteiger partial charge is 0.411 e. The van der Waals surface area contributed by atoms with Crippen molar-refractivity contribution in [2.75, 3.05) is 6.61 Å². The summed E-state index contributed by atoms with van der Waals surface area (Å²) in [7, 11) is 0. The molecule has 0 atom stereocenters. The molecule has 0 aromatic carbocycles. The fourth-order valence-corrected chi connectivity index (χ4v) is 1.23. The average Bonchev–Trinajstić information content (AvgIpc) is 2.26. The van der Waals surface area contributed by atoms with Crippen molar-refractivity contribution in [3.63, 3.8) is 0 Å². The molecule has 0 spiro atoms. The van der Waals surface area contributed by atoms with E-state index < -0.39 is 25.4 Å². The summed E-state index contributed by atoms with van der Waals surface area (Å²) in [6, 6.07) is 0. The van der Waals surface area contributed by atoms with E-state index in [-0.39, 0.29) is 17.1 Å². The number of aromatic carboxylic acids is 1. The van der Waals surface area contributed by atoms with Crippen LogP contribution in [0, 0.1) is 0 Å². The minimum Gasteiger partial charge on any atom is -0.478 e. The van der Waals surface area contributed by atoms with Gasteiger partial charge in [0.25, 0.3) is 0 Å². The first-order valence-electron chi connectivity index (χ1n) is 5.06. The maximum Gasteiger partial charge on any atom is 0.411 e. The van der Waals surface area contributed by atoms with Crippen LogP contribution in [-0.2, 0) is 17.8 Å². The first-order valence-corrected chi connectivity index (χ1v) is 5.06. The second kappa shape index (κ2) is 5.76. The van der Waals surface area contributed by atoms with Crippen molar-refractivity contribution >= 4 is 5.97 Å². The molecule has 0 amide bonds. The Morgan fingerprint density at radius 2 is 2.17 bits per heavy atom. The van der Waals surface area contributed by atoms with E-state index >= 15 is 0 Å². The Bertz CT molecular complexity index is 435. The van der Waals surface area contributed by atoms with E-state index in [0.717, 1.165) is 6.20 Å². The lowest BCUT2D eigenvalue weighted by Crippen LogP contribution is -2.17. The zero-order valence-electron chi connectivity index (χ0n) is 9.49. The number of ether oxygens (including phenoxy) is 1. The summed E-state index contributed by atoms with van der Waals surface area (Å²) in [6.07, 6.45) is -2.99. The van der Waals surface area contributed by atoms with Crippen LogP contribution < -0.4 is 0 Å². The van der Waals surface area contributed by atoms with Gasteiger partial charge in [-0.3, -0.25) is 0 Å². The first-order chi connectivity index (χ1) is 8.33. The van der Waals surface area contributed by atoms with Gasteiger partial charge >= 0.3 is 12.1 Å². The van der Waals surface area contributed by atoms with E-state index in [1.807, 2.05) is 0 Å². The van der Waals surface area contributed by atoms with Crippen LogP contribution in [0.1, 0.15) is 28.8 Å². The normalized spacial score (nSPS) is 11.6. The summed E-state index contributed by atoms with van der Waals surface area (Å²) in [4.78, 5) is 18.3. The molecule has 0 aliphatic rings. The molecule has 1 heterocycles. The molecule has 1 aromatic rings. The number of hydrogen-bond donors (Lipinski definition) is 1. The van der Waals surface area contributed by atoms with Crippen LogP contribution in [0.2, 0.25) is 0 Å². The lowest BCUT2D eigenvalue weighted by atomic mass is 10.2. The van der Waals surface area contributed by atoms with Crippen molar-refractivity contribution in [1.82, 2.24) is 9.97 Å². The number of aromatic nitrogens is 2. The van der Waals surface area contributed by atoms with Crippen molar-refractivity contribution in [3.8, 4) is 0 Å². The van der Waals surface area contributed by atoms with Crippen LogP contribution in [0.25, 0.3) is 0 Å². The number of rotatable bonds is 5.